The molecule has 0 spiro atoms. The second kappa shape index (κ2) is 17.5. The highest BCUT2D eigenvalue weighted by molar-refractivity contribution is 7.02. The van der Waals surface area contributed by atoms with Crippen LogP contribution >= 0.6 is 0 Å². The number of aryl methyl sites for hydroxylation is 2. The summed E-state index contributed by atoms with van der Waals surface area (Å²) in [6.45, 7) is 3.67. The summed E-state index contributed by atoms with van der Waals surface area (Å²) in [5.41, 5.74) is 21.6. The van der Waals surface area contributed by atoms with Crippen molar-refractivity contribution >= 4 is 141 Å². The molecule has 0 amide bonds. The number of ether oxygens (including phenoxy) is 1. The third kappa shape index (κ3) is 6.39. The van der Waals surface area contributed by atoms with Crippen molar-refractivity contribution < 1.29 is 13.5 Å². The zero-order valence-corrected chi connectivity index (χ0v) is 45.7. The molecular weight excluding hydrogens is 1030 g/mol. The van der Waals surface area contributed by atoms with Gasteiger partial charge in [-0.15, -0.1) is 0 Å². The van der Waals surface area contributed by atoms with Gasteiger partial charge in [0.1, 0.15) is 23.1 Å². The van der Waals surface area contributed by atoms with Crippen LogP contribution in [0.5, 0.6) is 11.5 Å². The zero-order chi connectivity index (χ0) is 55.6. The SMILES string of the molecule is Cc1cccc2c1c1ccccc1n2-c1cc2c3c(c1)N(c1ccccc1F)c1cc4c(cc1B3c1ccccc1O2)B1c2ccccc2N(c2ccccc2)c2cc(-n3c5ccccc5c5c(C)cccc53)cc(c21)N4c1ccccc1F. The number of hydrogen-bond acceptors (Lipinski definition) is 4. The molecule has 4 aliphatic heterocycles. The Balaban J connectivity index is 0.978. The highest BCUT2D eigenvalue weighted by Crippen LogP contribution is 2.50. The van der Waals surface area contributed by atoms with E-state index in [0.717, 1.165) is 123 Å². The van der Waals surface area contributed by atoms with Gasteiger partial charge in [-0.1, -0.05) is 146 Å². The average molecular weight is 1080 g/mol. The first-order chi connectivity index (χ1) is 41.4. The molecule has 0 fully saturated rings. The standard InChI is InChI=1S/C74H47B2F2N5O/c1-44-20-18-35-62-71(44)49-24-6-12-30-57(49)80(62)47-38-66-73-67(39-47)82(60-33-15-10-28-55(60)77)64-43-65-54(42-53(64)75(73)51-26-8-14-32-59(51)79(66)46-22-4-3-5-23-46)76-52-27-9-17-37-69(52)84-70-41-48(40-68(74(70)76)83(65)61-34-16-11-29-56(61)78)81-58-31-13-7-25-50(58)72-45(2)21-19-36-63(72)81/h3-43H,1-2H3. The van der Waals surface area contributed by atoms with Crippen LogP contribution in [0, 0.1) is 25.5 Å². The van der Waals surface area contributed by atoms with Crippen LogP contribution < -0.4 is 52.2 Å². The summed E-state index contributed by atoms with van der Waals surface area (Å²) < 4.78 is 46.9. The summed E-state index contributed by atoms with van der Waals surface area (Å²) in [6.07, 6.45) is 0. The molecule has 84 heavy (non-hydrogen) atoms. The van der Waals surface area contributed by atoms with Gasteiger partial charge in [-0.25, -0.2) is 8.78 Å². The van der Waals surface area contributed by atoms with E-state index < -0.39 is 0 Å². The number of aromatic nitrogens is 2. The van der Waals surface area contributed by atoms with Crippen LogP contribution in [-0.2, 0) is 0 Å². The van der Waals surface area contributed by atoms with Gasteiger partial charge in [0.25, 0.3) is 13.4 Å². The van der Waals surface area contributed by atoms with E-state index in [0.29, 0.717) is 17.1 Å². The van der Waals surface area contributed by atoms with Crippen LogP contribution in [-0.4, -0.2) is 22.6 Å². The quantitative estimate of drug-likeness (QED) is 0.161. The Morgan fingerprint density at radius 3 is 1.38 bits per heavy atom. The Bertz CT molecular complexity index is 5190. The van der Waals surface area contributed by atoms with Gasteiger partial charge >= 0.3 is 0 Å². The fraction of sp³-hybridized carbons (Fsp3) is 0.0270. The van der Waals surface area contributed by atoms with Crippen molar-refractivity contribution in [1.29, 1.82) is 0 Å². The molecule has 14 aromatic rings. The molecule has 0 saturated carbocycles. The van der Waals surface area contributed by atoms with Gasteiger partial charge in [0.15, 0.2) is 0 Å². The van der Waals surface area contributed by atoms with Crippen molar-refractivity contribution in [3.8, 4) is 22.9 Å². The van der Waals surface area contributed by atoms with E-state index >= 15 is 8.78 Å². The first-order valence-corrected chi connectivity index (χ1v) is 28.7. The smallest absolute Gasteiger partial charge is 0.256 e. The van der Waals surface area contributed by atoms with Crippen molar-refractivity contribution in [2.24, 2.45) is 0 Å². The Hall–Kier alpha value is -10.6. The normalized spacial score (nSPS) is 13.5. The topological polar surface area (TPSA) is 28.8 Å². The van der Waals surface area contributed by atoms with Crippen molar-refractivity contribution in [2.75, 3.05) is 14.7 Å². The van der Waals surface area contributed by atoms with Gasteiger partial charge in [0.05, 0.1) is 44.8 Å². The van der Waals surface area contributed by atoms with Crippen LogP contribution in [0.2, 0.25) is 0 Å². The van der Waals surface area contributed by atoms with E-state index in [1.807, 2.05) is 30.3 Å². The average Bonchev–Trinajstić information content (AvgIpc) is 1.15. The first-order valence-electron chi connectivity index (χ1n) is 28.7. The molecule has 0 bridgehead atoms. The summed E-state index contributed by atoms with van der Waals surface area (Å²) in [4.78, 5) is 6.64. The van der Waals surface area contributed by atoms with Crippen LogP contribution in [0.1, 0.15) is 11.1 Å². The lowest BCUT2D eigenvalue weighted by Gasteiger charge is -2.46. The summed E-state index contributed by atoms with van der Waals surface area (Å²) in [5, 5.41) is 4.67. The molecule has 0 aliphatic carbocycles. The van der Waals surface area contributed by atoms with Crippen molar-refractivity contribution in [3.05, 3.63) is 271 Å². The van der Waals surface area contributed by atoms with Crippen LogP contribution in [0.3, 0.4) is 0 Å². The highest BCUT2D eigenvalue weighted by Gasteiger charge is 2.48. The van der Waals surface area contributed by atoms with E-state index in [-0.39, 0.29) is 25.1 Å². The van der Waals surface area contributed by atoms with Gasteiger partial charge < -0.3 is 28.6 Å². The molecule has 4 aliphatic rings. The van der Waals surface area contributed by atoms with E-state index in [4.69, 9.17) is 4.74 Å². The highest BCUT2D eigenvalue weighted by atomic mass is 19.1. The Labute approximate surface area is 484 Å². The number of anilines is 9. The molecule has 6 nitrogen and oxygen atoms in total. The molecule has 0 radical (unpaired) electrons. The first kappa shape index (κ1) is 47.1. The number of hydrogen-bond donors (Lipinski definition) is 0. The summed E-state index contributed by atoms with van der Waals surface area (Å²) in [5.74, 6) is 0.712. The molecule has 10 heteroatoms. The Morgan fingerprint density at radius 2 is 0.774 bits per heavy atom. The third-order valence-corrected chi connectivity index (χ3v) is 18.3. The lowest BCUT2D eigenvalue weighted by Crippen LogP contribution is -2.64. The minimum atomic E-state index is -0.377. The van der Waals surface area contributed by atoms with E-state index in [1.54, 1.807) is 18.2 Å². The predicted molar refractivity (Wildman–Crippen MR) is 344 cm³/mol. The van der Waals surface area contributed by atoms with Crippen molar-refractivity contribution in [2.45, 2.75) is 13.8 Å². The van der Waals surface area contributed by atoms with Gasteiger partial charge in [0, 0.05) is 67.4 Å². The molecular formula is C74H47B2F2N5O. The molecule has 12 aromatic carbocycles. The molecule has 18 rings (SSSR count). The Morgan fingerprint density at radius 1 is 0.310 bits per heavy atom. The fourth-order valence-electron chi connectivity index (χ4n) is 15.0. The fourth-order valence-corrected chi connectivity index (χ4v) is 15.0. The third-order valence-electron chi connectivity index (χ3n) is 18.3. The molecule has 0 saturated heterocycles. The maximum atomic E-state index is 17.6. The minimum Gasteiger partial charge on any atom is -0.458 e. The number of rotatable bonds is 5. The van der Waals surface area contributed by atoms with E-state index in [2.05, 4.69) is 232 Å². The lowest BCUT2D eigenvalue weighted by atomic mass is 9.30. The van der Waals surface area contributed by atoms with Gasteiger partial charge in [-0.2, -0.15) is 0 Å². The number of fused-ring (bicyclic) bond motifs is 14. The van der Waals surface area contributed by atoms with Crippen LogP contribution in [0.25, 0.3) is 55.0 Å². The molecule has 6 heterocycles. The molecule has 0 N–H and O–H groups in total. The largest absolute Gasteiger partial charge is 0.458 e. The number of halogens is 2. The van der Waals surface area contributed by atoms with Crippen molar-refractivity contribution in [1.82, 2.24) is 9.13 Å². The zero-order valence-electron chi connectivity index (χ0n) is 45.7. The monoisotopic (exact) mass is 1080 g/mol. The number of para-hydroxylation sites is 7. The molecule has 394 valence electrons. The minimum absolute atomic E-state index is 0.331. The van der Waals surface area contributed by atoms with Gasteiger partial charge in [0.2, 0.25) is 0 Å². The van der Waals surface area contributed by atoms with Gasteiger partial charge in [-0.05, 0) is 155 Å². The van der Waals surface area contributed by atoms with Crippen LogP contribution in [0.15, 0.2) is 249 Å². The molecule has 2 aromatic heterocycles. The second-order valence-corrected chi connectivity index (χ2v) is 22.7. The summed E-state index contributed by atoms with van der Waals surface area (Å²) in [7, 11) is 0. The second-order valence-electron chi connectivity index (χ2n) is 22.7. The van der Waals surface area contributed by atoms with E-state index in [9.17, 15) is 0 Å². The van der Waals surface area contributed by atoms with E-state index in [1.165, 1.54) is 28.0 Å². The molecule has 0 atom stereocenters. The maximum absolute atomic E-state index is 17.6. The van der Waals surface area contributed by atoms with Gasteiger partial charge in [-0.3, -0.25) is 0 Å². The number of nitrogens with zero attached hydrogens (tertiary/aromatic N) is 5. The van der Waals surface area contributed by atoms with Crippen LogP contribution in [0.4, 0.5) is 60.0 Å². The summed E-state index contributed by atoms with van der Waals surface area (Å²) in [6, 6.07) is 85.6. The summed E-state index contributed by atoms with van der Waals surface area (Å²) >= 11 is 0. The number of benzene rings is 12. The predicted octanol–water partition coefficient (Wildman–Crippen LogP) is 15.3. The maximum Gasteiger partial charge on any atom is 0.256 e. The lowest BCUT2D eigenvalue weighted by molar-refractivity contribution is 0.487. The molecule has 0 unspecified atom stereocenters. The van der Waals surface area contributed by atoms with Crippen molar-refractivity contribution in [3.63, 3.8) is 0 Å². The Kier molecular flexibility index (Phi) is 9.80.